The Morgan fingerprint density at radius 1 is 1.19 bits per heavy atom. The van der Waals surface area contributed by atoms with Crippen LogP contribution in [0.2, 0.25) is 0 Å². The van der Waals surface area contributed by atoms with E-state index in [-0.39, 0.29) is 11.5 Å². The first-order valence-corrected chi connectivity index (χ1v) is 11.4. The molecule has 4 saturated heterocycles. The van der Waals surface area contributed by atoms with Gasteiger partial charge in [0.1, 0.15) is 0 Å². The first kappa shape index (κ1) is 19.7. The molecule has 4 fully saturated rings. The Labute approximate surface area is 165 Å². The smallest absolute Gasteiger partial charge is 0.234 e. The SMILES string of the molecule is CC(C)CCN1C[C@@H]2[C@H](CNC(=O)CN3CCCCCC3)[C@H]3CC[C@]2(C1)O3. The van der Waals surface area contributed by atoms with Gasteiger partial charge in [0.25, 0.3) is 0 Å². The van der Waals surface area contributed by atoms with Gasteiger partial charge in [-0.25, -0.2) is 0 Å². The average Bonchev–Trinajstić information content (AvgIpc) is 3.21. The van der Waals surface area contributed by atoms with Crippen LogP contribution in [0.3, 0.4) is 0 Å². The third-order valence-corrected chi connectivity index (χ3v) is 7.48. The number of carbonyl (C=O) groups is 1. The molecule has 5 nitrogen and oxygen atoms in total. The number of amides is 1. The average molecular weight is 378 g/mol. The summed E-state index contributed by atoms with van der Waals surface area (Å²) in [5, 5.41) is 3.27. The van der Waals surface area contributed by atoms with E-state index in [9.17, 15) is 4.79 Å². The third-order valence-electron chi connectivity index (χ3n) is 7.48. The van der Waals surface area contributed by atoms with E-state index in [1.54, 1.807) is 0 Å². The molecule has 4 aliphatic rings. The molecule has 0 aliphatic carbocycles. The molecule has 1 spiro atoms. The number of fused-ring (bicyclic) bond motifs is 1. The van der Waals surface area contributed by atoms with E-state index < -0.39 is 0 Å². The molecule has 4 aliphatic heterocycles. The zero-order valence-electron chi connectivity index (χ0n) is 17.4. The summed E-state index contributed by atoms with van der Waals surface area (Å²) in [4.78, 5) is 17.5. The highest BCUT2D eigenvalue weighted by molar-refractivity contribution is 5.78. The summed E-state index contributed by atoms with van der Waals surface area (Å²) >= 11 is 0. The van der Waals surface area contributed by atoms with E-state index in [1.807, 2.05) is 0 Å². The van der Waals surface area contributed by atoms with Crippen molar-refractivity contribution in [2.24, 2.45) is 17.8 Å². The first-order valence-electron chi connectivity index (χ1n) is 11.4. The fraction of sp³-hybridized carbons (Fsp3) is 0.955. The van der Waals surface area contributed by atoms with Gasteiger partial charge in [-0.15, -0.1) is 0 Å². The van der Waals surface area contributed by atoms with Gasteiger partial charge in [0.2, 0.25) is 5.91 Å². The van der Waals surface area contributed by atoms with Gasteiger partial charge in [-0.1, -0.05) is 26.7 Å². The molecule has 0 aromatic rings. The molecule has 154 valence electrons. The minimum absolute atomic E-state index is 0.0990. The zero-order chi connectivity index (χ0) is 18.9. The maximum absolute atomic E-state index is 12.5. The minimum atomic E-state index is 0.0990. The van der Waals surface area contributed by atoms with Crippen molar-refractivity contribution < 1.29 is 9.53 Å². The molecule has 4 atom stereocenters. The molecule has 0 saturated carbocycles. The summed E-state index contributed by atoms with van der Waals surface area (Å²) < 4.78 is 6.53. The molecule has 1 amide bonds. The molecule has 5 heteroatoms. The Balaban J connectivity index is 1.27. The summed E-state index contributed by atoms with van der Waals surface area (Å²) in [7, 11) is 0. The van der Waals surface area contributed by atoms with Gasteiger partial charge < -0.3 is 15.0 Å². The number of hydrogen-bond acceptors (Lipinski definition) is 4. The van der Waals surface area contributed by atoms with Crippen molar-refractivity contribution in [3.8, 4) is 0 Å². The van der Waals surface area contributed by atoms with Crippen LogP contribution in [0.15, 0.2) is 0 Å². The second-order valence-electron chi connectivity index (χ2n) is 9.94. The Morgan fingerprint density at radius 3 is 2.70 bits per heavy atom. The third kappa shape index (κ3) is 4.35. The van der Waals surface area contributed by atoms with E-state index in [4.69, 9.17) is 4.74 Å². The van der Waals surface area contributed by atoms with Gasteiger partial charge in [0.15, 0.2) is 0 Å². The van der Waals surface area contributed by atoms with Crippen molar-refractivity contribution >= 4 is 5.91 Å². The molecule has 0 aromatic heterocycles. The van der Waals surface area contributed by atoms with E-state index in [0.29, 0.717) is 24.5 Å². The van der Waals surface area contributed by atoms with Crippen molar-refractivity contribution in [1.29, 1.82) is 0 Å². The van der Waals surface area contributed by atoms with Crippen LogP contribution in [0.4, 0.5) is 0 Å². The maximum atomic E-state index is 12.5. The van der Waals surface area contributed by atoms with Gasteiger partial charge in [0.05, 0.1) is 18.2 Å². The molecule has 4 rings (SSSR count). The van der Waals surface area contributed by atoms with E-state index in [2.05, 4.69) is 29.0 Å². The van der Waals surface area contributed by atoms with Crippen LogP contribution in [0.25, 0.3) is 0 Å². The number of rotatable bonds is 7. The van der Waals surface area contributed by atoms with Gasteiger partial charge in [-0.3, -0.25) is 9.69 Å². The highest BCUT2D eigenvalue weighted by atomic mass is 16.5. The highest BCUT2D eigenvalue weighted by Gasteiger charge is 2.62. The maximum Gasteiger partial charge on any atom is 0.234 e. The lowest BCUT2D eigenvalue weighted by Gasteiger charge is -2.30. The minimum Gasteiger partial charge on any atom is -0.370 e. The summed E-state index contributed by atoms with van der Waals surface area (Å²) in [5.41, 5.74) is 0.0990. The van der Waals surface area contributed by atoms with E-state index >= 15 is 0 Å². The number of nitrogens with zero attached hydrogens (tertiary/aromatic N) is 2. The normalized spacial score (nSPS) is 36.9. The van der Waals surface area contributed by atoms with Crippen LogP contribution >= 0.6 is 0 Å². The highest BCUT2D eigenvalue weighted by Crippen LogP contribution is 2.54. The largest absolute Gasteiger partial charge is 0.370 e. The van der Waals surface area contributed by atoms with Gasteiger partial charge >= 0.3 is 0 Å². The molecular formula is C22H39N3O2. The summed E-state index contributed by atoms with van der Waals surface area (Å²) in [6.07, 6.45) is 9.15. The van der Waals surface area contributed by atoms with E-state index in [1.165, 1.54) is 51.5 Å². The quantitative estimate of drug-likeness (QED) is 0.740. The van der Waals surface area contributed by atoms with Crippen LogP contribution in [0.5, 0.6) is 0 Å². The van der Waals surface area contributed by atoms with Crippen molar-refractivity contribution in [2.45, 2.75) is 70.5 Å². The molecule has 2 bridgehead atoms. The summed E-state index contributed by atoms with van der Waals surface area (Å²) in [5.74, 6) is 2.09. The molecule has 0 unspecified atom stereocenters. The van der Waals surface area contributed by atoms with Gasteiger partial charge in [-0.2, -0.15) is 0 Å². The second kappa shape index (κ2) is 8.38. The molecule has 1 N–H and O–H groups in total. The van der Waals surface area contributed by atoms with Crippen LogP contribution < -0.4 is 5.32 Å². The Kier molecular flexibility index (Phi) is 6.10. The molecule has 0 radical (unpaired) electrons. The van der Waals surface area contributed by atoms with Crippen LogP contribution in [-0.2, 0) is 9.53 Å². The Morgan fingerprint density at radius 2 is 1.96 bits per heavy atom. The fourth-order valence-electron chi connectivity index (χ4n) is 5.96. The Hall–Kier alpha value is -0.650. The topological polar surface area (TPSA) is 44.8 Å². The van der Waals surface area contributed by atoms with Crippen molar-refractivity contribution in [2.75, 3.05) is 45.8 Å². The Bertz CT molecular complexity index is 518. The fourth-order valence-corrected chi connectivity index (χ4v) is 5.96. The number of likely N-dealkylation sites (tertiary alicyclic amines) is 2. The number of hydrogen-bond donors (Lipinski definition) is 1. The molecular weight excluding hydrogens is 338 g/mol. The van der Waals surface area contributed by atoms with Crippen LogP contribution in [0, 0.1) is 17.8 Å². The predicted octanol–water partition coefficient (Wildman–Crippen LogP) is 2.50. The molecule has 27 heavy (non-hydrogen) atoms. The van der Waals surface area contributed by atoms with E-state index in [0.717, 1.165) is 38.6 Å². The number of ether oxygens (including phenoxy) is 1. The lowest BCUT2D eigenvalue weighted by Crippen LogP contribution is -2.44. The number of nitrogens with one attached hydrogen (secondary N) is 1. The second-order valence-corrected chi connectivity index (χ2v) is 9.94. The zero-order valence-corrected chi connectivity index (χ0v) is 17.4. The standard InChI is InChI=1S/C22H39N3O2/c1-17(2)8-12-25-14-19-18(20-7-9-22(19,16-25)27-20)13-23-21(26)15-24-10-5-3-4-6-11-24/h17-20H,3-16H2,1-2H3,(H,23,26)/t18-,19+,20+,22+/m0/s1. The van der Waals surface area contributed by atoms with Gasteiger partial charge in [0, 0.05) is 31.5 Å². The predicted molar refractivity (Wildman–Crippen MR) is 108 cm³/mol. The summed E-state index contributed by atoms with van der Waals surface area (Å²) in [6.45, 7) is 11.6. The molecule has 4 heterocycles. The summed E-state index contributed by atoms with van der Waals surface area (Å²) in [6, 6.07) is 0. The van der Waals surface area contributed by atoms with Gasteiger partial charge in [-0.05, 0) is 57.7 Å². The van der Waals surface area contributed by atoms with Crippen molar-refractivity contribution in [3.05, 3.63) is 0 Å². The van der Waals surface area contributed by atoms with Crippen molar-refractivity contribution in [1.82, 2.24) is 15.1 Å². The first-order chi connectivity index (χ1) is 13.1. The number of carbonyl (C=O) groups excluding carboxylic acids is 1. The molecule has 0 aromatic carbocycles. The monoisotopic (exact) mass is 377 g/mol. The lowest BCUT2D eigenvalue weighted by molar-refractivity contribution is -0.122. The lowest BCUT2D eigenvalue weighted by atomic mass is 9.73. The van der Waals surface area contributed by atoms with Crippen LogP contribution in [-0.4, -0.2) is 73.2 Å². The van der Waals surface area contributed by atoms with Crippen LogP contribution in [0.1, 0.15) is 58.8 Å². The van der Waals surface area contributed by atoms with Crippen molar-refractivity contribution in [3.63, 3.8) is 0 Å².